The summed E-state index contributed by atoms with van der Waals surface area (Å²) in [5.74, 6) is 0.184. The van der Waals surface area contributed by atoms with Crippen molar-refractivity contribution in [2.24, 2.45) is 0 Å². The average Bonchev–Trinajstić information content (AvgIpc) is 2.65. The normalized spacial score (nSPS) is 17.7. The van der Waals surface area contributed by atoms with Gasteiger partial charge in [0.05, 0.1) is 0 Å². The maximum Gasteiger partial charge on any atom is 0.315 e. The van der Waals surface area contributed by atoms with Crippen LogP contribution in [-0.2, 0) is 17.8 Å². The number of hydrogen-bond acceptors (Lipinski definition) is 2. The molecule has 1 saturated carbocycles. The Balaban J connectivity index is 1.32. The third-order valence-corrected chi connectivity index (χ3v) is 5.28. The van der Waals surface area contributed by atoms with E-state index < -0.39 is 0 Å². The summed E-state index contributed by atoms with van der Waals surface area (Å²) in [6.07, 6.45) is 7.98. The van der Waals surface area contributed by atoms with Crippen molar-refractivity contribution in [2.75, 3.05) is 13.1 Å². The van der Waals surface area contributed by atoms with Crippen LogP contribution in [0.4, 0.5) is 4.79 Å². The SMILES string of the molecule is O=C(NCCCC(=O)N1CCc2ccccc2C1)NC1CCCCC1. The molecule has 1 aromatic carbocycles. The molecule has 25 heavy (non-hydrogen) atoms. The highest BCUT2D eigenvalue weighted by atomic mass is 16.2. The molecule has 2 aliphatic rings. The monoisotopic (exact) mass is 343 g/mol. The quantitative estimate of drug-likeness (QED) is 0.808. The molecule has 3 amide bonds. The fourth-order valence-corrected chi connectivity index (χ4v) is 3.79. The van der Waals surface area contributed by atoms with E-state index in [1.807, 2.05) is 11.0 Å². The number of carbonyl (C=O) groups is 2. The Bertz CT molecular complexity index is 596. The van der Waals surface area contributed by atoms with E-state index >= 15 is 0 Å². The van der Waals surface area contributed by atoms with Crippen molar-refractivity contribution >= 4 is 11.9 Å². The van der Waals surface area contributed by atoms with Crippen LogP contribution in [0, 0.1) is 0 Å². The molecule has 0 atom stereocenters. The third kappa shape index (κ3) is 5.21. The summed E-state index contributed by atoms with van der Waals surface area (Å²) in [6, 6.07) is 8.56. The van der Waals surface area contributed by atoms with Gasteiger partial charge < -0.3 is 15.5 Å². The van der Waals surface area contributed by atoms with Gasteiger partial charge in [0.1, 0.15) is 0 Å². The molecule has 0 bridgehead atoms. The van der Waals surface area contributed by atoms with Gasteiger partial charge in [-0.1, -0.05) is 43.5 Å². The number of fused-ring (bicyclic) bond motifs is 1. The molecule has 2 N–H and O–H groups in total. The van der Waals surface area contributed by atoms with Crippen LogP contribution >= 0.6 is 0 Å². The molecule has 1 aliphatic carbocycles. The summed E-state index contributed by atoms with van der Waals surface area (Å²) in [6.45, 7) is 2.06. The molecule has 5 heteroatoms. The summed E-state index contributed by atoms with van der Waals surface area (Å²) >= 11 is 0. The molecule has 0 radical (unpaired) electrons. The van der Waals surface area contributed by atoms with E-state index in [-0.39, 0.29) is 11.9 Å². The summed E-state index contributed by atoms with van der Waals surface area (Å²) in [4.78, 5) is 26.2. The van der Waals surface area contributed by atoms with Crippen LogP contribution in [-0.4, -0.2) is 36.0 Å². The fraction of sp³-hybridized carbons (Fsp3) is 0.600. The predicted molar refractivity (Wildman–Crippen MR) is 98.2 cm³/mol. The second kappa shape index (κ2) is 8.88. The molecule has 0 spiro atoms. The Morgan fingerprint density at radius 2 is 1.84 bits per heavy atom. The number of hydrogen-bond donors (Lipinski definition) is 2. The van der Waals surface area contributed by atoms with Crippen LogP contribution in [0.15, 0.2) is 24.3 Å². The molecule has 136 valence electrons. The van der Waals surface area contributed by atoms with Crippen LogP contribution < -0.4 is 10.6 Å². The minimum absolute atomic E-state index is 0.0914. The van der Waals surface area contributed by atoms with Crippen molar-refractivity contribution < 1.29 is 9.59 Å². The van der Waals surface area contributed by atoms with Crippen LogP contribution in [0.1, 0.15) is 56.1 Å². The lowest BCUT2D eigenvalue weighted by Gasteiger charge is -2.29. The van der Waals surface area contributed by atoms with Crippen molar-refractivity contribution in [3.63, 3.8) is 0 Å². The minimum atomic E-state index is -0.0914. The number of nitrogens with zero attached hydrogens (tertiary/aromatic N) is 1. The number of urea groups is 1. The first kappa shape index (κ1) is 17.8. The summed E-state index contributed by atoms with van der Waals surface area (Å²) in [5, 5.41) is 5.92. The summed E-state index contributed by atoms with van der Waals surface area (Å²) < 4.78 is 0. The van der Waals surface area contributed by atoms with Crippen molar-refractivity contribution in [1.82, 2.24) is 15.5 Å². The Morgan fingerprint density at radius 3 is 2.64 bits per heavy atom. The first-order chi connectivity index (χ1) is 12.2. The zero-order valence-electron chi connectivity index (χ0n) is 14.9. The summed E-state index contributed by atoms with van der Waals surface area (Å²) in [7, 11) is 0. The second-order valence-electron chi connectivity index (χ2n) is 7.17. The molecule has 1 aromatic rings. The van der Waals surface area contributed by atoms with E-state index in [2.05, 4.69) is 28.8 Å². The second-order valence-corrected chi connectivity index (χ2v) is 7.17. The lowest BCUT2D eigenvalue weighted by molar-refractivity contribution is -0.132. The maximum absolute atomic E-state index is 12.4. The molecular weight excluding hydrogens is 314 g/mol. The highest BCUT2D eigenvalue weighted by Gasteiger charge is 2.20. The largest absolute Gasteiger partial charge is 0.338 e. The molecule has 1 heterocycles. The number of benzene rings is 1. The highest BCUT2D eigenvalue weighted by Crippen LogP contribution is 2.19. The Morgan fingerprint density at radius 1 is 1.08 bits per heavy atom. The maximum atomic E-state index is 12.4. The standard InChI is InChI=1S/C20H29N3O2/c24-19(23-14-12-16-7-4-5-8-17(16)15-23)11-6-13-21-20(25)22-18-9-2-1-3-10-18/h4-5,7-8,18H,1-3,6,9-15H2,(H2,21,22,25). The fourth-order valence-electron chi connectivity index (χ4n) is 3.79. The molecule has 0 unspecified atom stereocenters. The van der Waals surface area contributed by atoms with Gasteiger partial charge in [-0.3, -0.25) is 4.79 Å². The number of amides is 3. The molecule has 0 saturated heterocycles. The first-order valence-corrected chi connectivity index (χ1v) is 9.61. The predicted octanol–water partition coefficient (Wildman–Crippen LogP) is 2.98. The molecule has 1 fully saturated rings. The zero-order chi connectivity index (χ0) is 17.5. The first-order valence-electron chi connectivity index (χ1n) is 9.61. The van der Waals surface area contributed by atoms with E-state index in [1.165, 1.54) is 30.4 Å². The van der Waals surface area contributed by atoms with Crippen molar-refractivity contribution in [3.05, 3.63) is 35.4 Å². The van der Waals surface area contributed by atoms with Gasteiger partial charge in [-0.25, -0.2) is 4.79 Å². The number of rotatable bonds is 5. The highest BCUT2D eigenvalue weighted by molar-refractivity contribution is 5.77. The van der Waals surface area contributed by atoms with E-state index in [4.69, 9.17) is 0 Å². The van der Waals surface area contributed by atoms with Crippen molar-refractivity contribution in [2.45, 2.75) is 64.0 Å². The van der Waals surface area contributed by atoms with Gasteiger partial charge in [-0.2, -0.15) is 0 Å². The van der Waals surface area contributed by atoms with E-state index in [1.54, 1.807) is 0 Å². The van der Waals surface area contributed by atoms with Crippen LogP contribution in [0.3, 0.4) is 0 Å². The average molecular weight is 343 g/mol. The van der Waals surface area contributed by atoms with E-state index in [0.717, 1.165) is 25.8 Å². The van der Waals surface area contributed by atoms with Gasteiger partial charge in [0.2, 0.25) is 5.91 Å². The van der Waals surface area contributed by atoms with Gasteiger partial charge in [0.15, 0.2) is 0 Å². The van der Waals surface area contributed by atoms with Gasteiger partial charge in [0.25, 0.3) is 0 Å². The van der Waals surface area contributed by atoms with Crippen molar-refractivity contribution in [3.8, 4) is 0 Å². The molecule has 3 rings (SSSR count). The van der Waals surface area contributed by atoms with Gasteiger partial charge in [-0.05, 0) is 36.8 Å². The smallest absolute Gasteiger partial charge is 0.315 e. The van der Waals surface area contributed by atoms with Gasteiger partial charge in [-0.15, -0.1) is 0 Å². The topological polar surface area (TPSA) is 61.4 Å². The third-order valence-electron chi connectivity index (χ3n) is 5.28. The van der Waals surface area contributed by atoms with Crippen LogP contribution in [0.5, 0.6) is 0 Å². The Kier molecular flexibility index (Phi) is 6.31. The molecular formula is C20H29N3O2. The molecule has 1 aliphatic heterocycles. The van der Waals surface area contributed by atoms with Crippen molar-refractivity contribution in [1.29, 1.82) is 0 Å². The molecule has 0 aromatic heterocycles. The van der Waals surface area contributed by atoms with Gasteiger partial charge in [0, 0.05) is 32.1 Å². The number of carbonyl (C=O) groups excluding carboxylic acids is 2. The minimum Gasteiger partial charge on any atom is -0.338 e. The Labute approximate surface area is 150 Å². The summed E-state index contributed by atoms with van der Waals surface area (Å²) in [5.41, 5.74) is 2.61. The Hall–Kier alpha value is -2.04. The van der Waals surface area contributed by atoms with Gasteiger partial charge >= 0.3 is 6.03 Å². The lowest BCUT2D eigenvalue weighted by Crippen LogP contribution is -2.43. The number of nitrogens with one attached hydrogen (secondary N) is 2. The van der Waals surface area contributed by atoms with E-state index in [9.17, 15) is 9.59 Å². The van der Waals surface area contributed by atoms with E-state index in [0.29, 0.717) is 32.0 Å². The molecule has 5 nitrogen and oxygen atoms in total. The zero-order valence-corrected chi connectivity index (χ0v) is 14.9. The van der Waals surface area contributed by atoms with Crippen LogP contribution in [0.2, 0.25) is 0 Å². The lowest BCUT2D eigenvalue weighted by atomic mass is 9.96. The van der Waals surface area contributed by atoms with Crippen LogP contribution in [0.25, 0.3) is 0 Å².